The molecule has 17 atom stereocenters. The lowest BCUT2D eigenvalue weighted by atomic mass is 9.95. The summed E-state index contributed by atoms with van der Waals surface area (Å²) in [6, 6.07) is -9.26. The van der Waals surface area contributed by atoms with Gasteiger partial charge < -0.3 is 127 Å². The van der Waals surface area contributed by atoms with Gasteiger partial charge in [-0.2, -0.15) is 25.3 Å². The number of aromatic amines is 1. The summed E-state index contributed by atoms with van der Waals surface area (Å²) in [5, 5.41) is 91.3. The van der Waals surface area contributed by atoms with Crippen LogP contribution in [0.3, 0.4) is 0 Å². The van der Waals surface area contributed by atoms with Crippen LogP contribution in [0.5, 0.6) is 11.5 Å². The minimum Gasteiger partial charge on any atom is -0.508 e. The molecule has 1 aromatic heterocycles. The molecule has 113 heavy (non-hydrogen) atoms. The van der Waals surface area contributed by atoms with E-state index in [1.54, 1.807) is 39.8 Å². The molecule has 27 N–H and O–H groups in total. The highest BCUT2D eigenvalue weighted by atomic mass is 32.1. The molecule has 1 aliphatic heterocycles. The number of aliphatic hydroxyl groups excluding tert-OH is 4. The maximum absolute atomic E-state index is 14.8. The third-order valence-electron chi connectivity index (χ3n) is 19.1. The molecule has 1 aliphatic rings. The van der Waals surface area contributed by atoms with E-state index in [-0.39, 0.29) is 113 Å². The molecule has 0 spiro atoms. The van der Waals surface area contributed by atoms with E-state index >= 15 is 0 Å². The Kier molecular flexibility index (Phi) is 41.5. The fraction of sp³-hybridized carbons (Fsp3) is 0.597. The molecule has 0 radical (unpaired) electrons. The van der Waals surface area contributed by atoms with Gasteiger partial charge in [-0.1, -0.05) is 64.8 Å². The number of thiol groups is 2. The molecule has 14 amide bonds. The minimum absolute atomic E-state index is 0.000947. The van der Waals surface area contributed by atoms with Gasteiger partial charge in [-0.25, -0.2) is 4.98 Å². The van der Waals surface area contributed by atoms with Crippen molar-refractivity contribution in [1.29, 1.82) is 0 Å². The molecule has 0 unspecified atom stereocenters. The van der Waals surface area contributed by atoms with Crippen molar-refractivity contribution in [3.05, 3.63) is 77.9 Å². The molecule has 1 saturated heterocycles. The number of aromatic hydroxyl groups is 2. The van der Waals surface area contributed by atoms with Gasteiger partial charge in [0.1, 0.15) is 90.0 Å². The van der Waals surface area contributed by atoms with Gasteiger partial charge >= 0.3 is 0 Å². The topological polar surface area (TPSA) is 641 Å². The van der Waals surface area contributed by atoms with Gasteiger partial charge in [0.05, 0.1) is 38.3 Å². The van der Waals surface area contributed by atoms with Gasteiger partial charge in [0.2, 0.25) is 82.7 Å². The largest absolute Gasteiger partial charge is 0.508 e. The zero-order valence-electron chi connectivity index (χ0n) is 63.9. The second-order valence-electron chi connectivity index (χ2n) is 27.7. The van der Waals surface area contributed by atoms with Crippen molar-refractivity contribution >= 4 is 108 Å². The fourth-order valence-corrected chi connectivity index (χ4v) is 12.4. The van der Waals surface area contributed by atoms with Crippen LogP contribution >= 0.6 is 25.3 Å². The summed E-state index contributed by atoms with van der Waals surface area (Å²) in [6.07, 6.45) is 2.62. The van der Waals surface area contributed by atoms with Crippen LogP contribution in [0.25, 0.3) is 0 Å². The second-order valence-corrected chi connectivity index (χ2v) is 28.5. The average molecular weight is 1630 g/mol. The van der Waals surface area contributed by atoms with Crippen LogP contribution in [0, 0.1) is 11.8 Å². The number of benzene rings is 2. The summed E-state index contributed by atoms with van der Waals surface area (Å²) in [5.41, 5.74) is 24.7. The van der Waals surface area contributed by atoms with Crippen molar-refractivity contribution in [2.75, 3.05) is 51.0 Å². The first-order chi connectivity index (χ1) is 53.7. The van der Waals surface area contributed by atoms with Crippen LogP contribution in [-0.2, 0) is 86.4 Å². The monoisotopic (exact) mass is 1630 g/mol. The number of phenols is 2. The fourth-order valence-electron chi connectivity index (χ4n) is 11.9. The molecule has 41 heteroatoms. The number of H-pyrrole nitrogens is 1. The minimum atomic E-state index is -1.85. The molecule has 39 nitrogen and oxygen atoms in total. The molecule has 0 bridgehead atoms. The van der Waals surface area contributed by atoms with E-state index in [4.69, 9.17) is 22.9 Å². The zero-order chi connectivity index (χ0) is 84.2. The van der Waals surface area contributed by atoms with E-state index in [9.17, 15) is 97.8 Å². The number of likely N-dealkylation sites (tertiary alicyclic amines) is 1. The lowest BCUT2D eigenvalue weighted by Crippen LogP contribution is -2.63. The van der Waals surface area contributed by atoms with Crippen LogP contribution in [0.2, 0.25) is 0 Å². The van der Waals surface area contributed by atoms with Crippen LogP contribution in [0.15, 0.2) is 61.1 Å². The summed E-state index contributed by atoms with van der Waals surface area (Å²) >= 11 is 8.42. The first kappa shape index (κ1) is 95.6. The lowest BCUT2D eigenvalue weighted by molar-refractivity contribution is -0.144. The van der Waals surface area contributed by atoms with Gasteiger partial charge in [-0.3, -0.25) is 67.1 Å². The van der Waals surface area contributed by atoms with Crippen molar-refractivity contribution in [3.63, 3.8) is 0 Å². The molecular weight excluding hydrogens is 1520 g/mol. The van der Waals surface area contributed by atoms with Crippen molar-refractivity contribution in [2.24, 2.45) is 34.8 Å². The molecule has 2 heterocycles. The van der Waals surface area contributed by atoms with E-state index in [1.807, 2.05) is 0 Å². The number of imidazole rings is 1. The van der Waals surface area contributed by atoms with Crippen LogP contribution < -0.4 is 86.7 Å². The van der Waals surface area contributed by atoms with Crippen molar-refractivity contribution in [2.45, 2.75) is 209 Å². The van der Waals surface area contributed by atoms with Gasteiger partial charge in [0.25, 0.3) is 0 Å². The quantitative estimate of drug-likeness (QED) is 0.0184. The molecular formula is C72H113N19O20S2. The number of nitrogens with two attached hydrogens (primary N) is 4. The highest BCUT2D eigenvalue weighted by Crippen LogP contribution is 2.23. The summed E-state index contributed by atoms with van der Waals surface area (Å²) in [7, 11) is 0. The zero-order valence-corrected chi connectivity index (χ0v) is 65.7. The molecule has 0 saturated carbocycles. The van der Waals surface area contributed by atoms with E-state index in [2.05, 4.69) is 99.0 Å². The highest BCUT2D eigenvalue weighted by Gasteiger charge is 2.43. The number of hydrogen-bond donors (Lipinski definition) is 25. The van der Waals surface area contributed by atoms with Crippen molar-refractivity contribution in [3.8, 4) is 11.5 Å². The Hall–Kier alpha value is -9.75. The summed E-state index contributed by atoms with van der Waals surface area (Å²) in [4.78, 5) is 202. The maximum atomic E-state index is 14.8. The number of carbonyl (C=O) groups is 14. The summed E-state index contributed by atoms with van der Waals surface area (Å²) < 4.78 is 0. The third kappa shape index (κ3) is 30.6. The number of nitrogens with one attached hydrogen (secondary N) is 13. The summed E-state index contributed by atoms with van der Waals surface area (Å²) in [6.45, 7) is 4.92. The number of phenolic OH excluding ortho intramolecular Hbond substituents is 2. The molecule has 628 valence electrons. The molecule has 4 rings (SSSR count). The van der Waals surface area contributed by atoms with E-state index < -0.39 is 205 Å². The Labute approximate surface area is 665 Å². The van der Waals surface area contributed by atoms with E-state index in [1.165, 1.54) is 53.8 Å². The van der Waals surface area contributed by atoms with Gasteiger partial charge in [0, 0.05) is 42.8 Å². The SMILES string of the molecule is CC[C@H](C)[C@H](NC(=O)[C@H](CO)NC(=O)[C@@H](NC(=O)[C@H](CCCCN)NC(=O)[C@H](CS)NC(=O)[C@@H](N)Cc1ccc(O)cc1)[C@@H](C)O)C(=O)N[C@@H](CCCCN)C(=O)N[C@H](C(=O)N1CCC[C@H]1C(=O)N[C@@H](CO)C(=O)N[C@@H](CO)C(=O)N[C@@H](Cc1cnc[nH]1)C(=O)N[C@@H](CS)C(=O)N[C@@H](Cc1ccc(O)cc1)C(N)=O)[C@@H](C)CC. The number of carbonyl (C=O) groups excluding carboxylic acids is 14. The van der Waals surface area contributed by atoms with E-state index in [0.717, 1.165) is 6.92 Å². The van der Waals surface area contributed by atoms with Crippen molar-refractivity contribution in [1.82, 2.24) is 78.7 Å². The molecule has 3 aromatic rings. The van der Waals surface area contributed by atoms with Crippen molar-refractivity contribution < 1.29 is 97.8 Å². The Morgan fingerprint density at radius 1 is 0.496 bits per heavy atom. The van der Waals surface area contributed by atoms with Gasteiger partial charge in [-0.05, 0) is 125 Å². The number of unbranched alkanes of at least 4 members (excludes halogenated alkanes) is 2. The maximum Gasteiger partial charge on any atom is 0.246 e. The molecule has 1 fully saturated rings. The summed E-state index contributed by atoms with van der Waals surface area (Å²) in [5.74, 6) is -15.4. The number of aliphatic hydroxyl groups is 4. The number of primary amides is 1. The number of nitrogens with zero attached hydrogens (tertiary/aromatic N) is 2. The Morgan fingerprint density at radius 2 is 0.885 bits per heavy atom. The number of hydrogen-bond acceptors (Lipinski definition) is 26. The predicted molar refractivity (Wildman–Crippen MR) is 416 cm³/mol. The Morgan fingerprint density at radius 3 is 1.35 bits per heavy atom. The third-order valence-corrected chi connectivity index (χ3v) is 19.8. The second kappa shape index (κ2) is 49.0. The average Bonchev–Trinajstić information content (AvgIpc) is 1.71. The predicted octanol–water partition coefficient (Wildman–Crippen LogP) is -6.96. The van der Waals surface area contributed by atoms with Gasteiger partial charge in [-0.15, -0.1) is 0 Å². The Bertz CT molecular complexity index is 3630. The lowest BCUT2D eigenvalue weighted by Gasteiger charge is -2.33. The molecule has 0 aliphatic carbocycles. The van der Waals surface area contributed by atoms with Crippen LogP contribution in [0.1, 0.15) is 116 Å². The molecule has 2 aromatic carbocycles. The normalized spacial score (nSPS) is 16.9. The number of aromatic nitrogens is 2. The van der Waals surface area contributed by atoms with E-state index in [0.29, 0.717) is 29.7 Å². The van der Waals surface area contributed by atoms with Crippen LogP contribution in [-0.4, -0.2) is 270 Å². The van der Waals surface area contributed by atoms with Crippen LogP contribution in [0.4, 0.5) is 0 Å². The number of amides is 14. The smallest absolute Gasteiger partial charge is 0.246 e. The number of rotatable bonds is 50. The standard InChI is InChI=1S/C72H113N19O20S2/c1-6-37(3)56(88-66(105)52(33-94)85-71(110)58(39(5)95)90-62(101)46(13-8-10-24-73)79-67(106)53(34-112)86-60(99)45(75)27-40-16-20-43(96)21-17-40)70(109)80-47(14-9-11-25-74)61(100)89-57(38(4)7-2)72(111)91-26-12-15-55(91)69(108)84-51(32-93)65(104)83-50(31-92)64(103)82-49(29-42-30-77-36-78-42)63(102)87-54(35-113)68(107)81-48(59(76)98)28-41-18-22-44(97)23-19-41/h16-23,30,36-39,45-58,92-97,112-113H,6-15,24-29,31-35,73-75H2,1-5H3,(H2,76,98)(H,77,78)(H,79,106)(H,80,109)(H,81,107)(H,82,103)(H,83,104)(H,84,108)(H,85,110)(H,86,99)(H,87,102)(H,88,105)(H,89,100)(H,90,101)/t37-,38-,39+,45-,46-,47-,48-,49-,50-,51-,52-,53-,54-,55-,56-,57-,58-/m0/s1. The van der Waals surface area contributed by atoms with Gasteiger partial charge in [0.15, 0.2) is 0 Å². The first-order valence-electron chi connectivity index (χ1n) is 37.4. The first-order valence-corrected chi connectivity index (χ1v) is 38.7. The Balaban J connectivity index is 1.46. The highest BCUT2D eigenvalue weighted by molar-refractivity contribution is 7.80.